The van der Waals surface area contributed by atoms with Crippen molar-refractivity contribution >= 4 is 11.9 Å². The molecule has 0 saturated heterocycles. The van der Waals surface area contributed by atoms with Gasteiger partial charge in [0.2, 0.25) is 5.91 Å². The molecule has 0 heterocycles. The molecule has 0 aliphatic heterocycles. The molecule has 1 amide bonds. The third-order valence-corrected chi connectivity index (χ3v) is 14.2. The monoisotopic (exact) mass is 970 g/mol. The Hall–Kier alpha value is -1.92. The van der Waals surface area contributed by atoms with E-state index in [-0.39, 0.29) is 18.5 Å². The summed E-state index contributed by atoms with van der Waals surface area (Å²) < 4.78 is 5.49. The fraction of sp³-hybridized carbons (Fsp3) is 0.873. The number of aliphatic hydroxyl groups excluding tert-OH is 2. The second-order valence-corrected chi connectivity index (χ2v) is 21.0. The Bertz CT molecular complexity index is 1120. The normalized spacial score (nSPS) is 12.8. The first-order chi connectivity index (χ1) is 34.0. The molecule has 0 rings (SSSR count). The maximum atomic E-state index is 12.5. The summed E-state index contributed by atoms with van der Waals surface area (Å²) in [5, 5.41) is 23.3. The van der Waals surface area contributed by atoms with Crippen LogP contribution in [0.25, 0.3) is 0 Å². The second-order valence-electron chi connectivity index (χ2n) is 21.0. The summed E-state index contributed by atoms with van der Waals surface area (Å²) in [6.07, 6.45) is 72.8. The van der Waals surface area contributed by atoms with E-state index in [2.05, 4.69) is 55.6 Å². The van der Waals surface area contributed by atoms with Gasteiger partial charge < -0.3 is 20.3 Å². The van der Waals surface area contributed by atoms with Crippen LogP contribution in [0.2, 0.25) is 0 Å². The van der Waals surface area contributed by atoms with Gasteiger partial charge in [0.25, 0.3) is 0 Å². The number of carbonyl (C=O) groups excluding carboxylic acids is 2. The number of esters is 1. The lowest BCUT2D eigenvalue weighted by Gasteiger charge is -2.22. The Kier molecular flexibility index (Phi) is 57.0. The summed E-state index contributed by atoms with van der Waals surface area (Å²) in [4.78, 5) is 24.6. The Morgan fingerprint density at radius 1 is 0.406 bits per heavy atom. The molecule has 0 fully saturated rings. The van der Waals surface area contributed by atoms with Gasteiger partial charge in [-0.15, -0.1) is 0 Å². The van der Waals surface area contributed by atoms with Crippen LogP contribution < -0.4 is 5.32 Å². The first-order valence-corrected chi connectivity index (χ1v) is 30.7. The quantitative estimate of drug-likeness (QED) is 0.0321. The van der Waals surface area contributed by atoms with E-state index >= 15 is 0 Å². The highest BCUT2D eigenvalue weighted by Gasteiger charge is 2.20. The van der Waals surface area contributed by atoms with Crippen molar-refractivity contribution in [2.75, 3.05) is 13.2 Å². The molecule has 6 heteroatoms. The van der Waals surface area contributed by atoms with E-state index in [0.29, 0.717) is 25.9 Å². The van der Waals surface area contributed by atoms with Gasteiger partial charge in [-0.2, -0.15) is 0 Å². The average Bonchev–Trinajstić information content (AvgIpc) is 3.35. The van der Waals surface area contributed by atoms with Crippen molar-refractivity contribution in [1.29, 1.82) is 0 Å². The molecule has 0 aliphatic rings. The summed E-state index contributed by atoms with van der Waals surface area (Å²) in [6, 6.07) is -0.555. The van der Waals surface area contributed by atoms with Gasteiger partial charge in [-0.05, 0) is 83.5 Å². The minimum Gasteiger partial charge on any atom is -0.466 e. The molecule has 0 aromatic carbocycles. The average molecular weight is 971 g/mol. The first kappa shape index (κ1) is 67.1. The van der Waals surface area contributed by atoms with Gasteiger partial charge in [-0.1, -0.05) is 269 Å². The molecule has 2 atom stereocenters. The van der Waals surface area contributed by atoms with Crippen LogP contribution in [0.4, 0.5) is 0 Å². The Balaban J connectivity index is 3.45. The van der Waals surface area contributed by atoms with Crippen LogP contribution in [0.1, 0.15) is 328 Å². The molecule has 3 N–H and O–H groups in total. The fourth-order valence-corrected chi connectivity index (χ4v) is 9.43. The largest absolute Gasteiger partial charge is 0.466 e. The topological polar surface area (TPSA) is 95.9 Å². The molecule has 0 aromatic heterocycles. The van der Waals surface area contributed by atoms with Crippen molar-refractivity contribution in [2.45, 2.75) is 341 Å². The molecule has 406 valence electrons. The van der Waals surface area contributed by atoms with Gasteiger partial charge in [-0.25, -0.2) is 0 Å². The van der Waals surface area contributed by atoms with Gasteiger partial charge >= 0.3 is 5.97 Å². The van der Waals surface area contributed by atoms with E-state index in [1.165, 1.54) is 225 Å². The van der Waals surface area contributed by atoms with Crippen LogP contribution in [0.3, 0.4) is 0 Å². The van der Waals surface area contributed by atoms with Crippen LogP contribution >= 0.6 is 0 Å². The van der Waals surface area contributed by atoms with Crippen molar-refractivity contribution in [3.8, 4) is 0 Å². The number of hydrogen-bond acceptors (Lipinski definition) is 5. The van der Waals surface area contributed by atoms with Gasteiger partial charge in [0.1, 0.15) is 0 Å². The molecule has 0 spiro atoms. The summed E-state index contributed by atoms with van der Waals surface area (Å²) in [6.45, 7) is 4.92. The molecule has 0 aliphatic carbocycles. The molecule has 2 unspecified atom stereocenters. The van der Waals surface area contributed by atoms with Crippen molar-refractivity contribution in [3.05, 3.63) is 36.5 Å². The van der Waals surface area contributed by atoms with E-state index in [4.69, 9.17) is 4.74 Å². The lowest BCUT2D eigenvalue weighted by atomic mass is 10.0. The van der Waals surface area contributed by atoms with Crippen LogP contribution in [0.5, 0.6) is 0 Å². The number of rotatable bonds is 57. The zero-order valence-electron chi connectivity index (χ0n) is 46.3. The molecule has 6 nitrogen and oxygen atoms in total. The lowest BCUT2D eigenvalue weighted by Crippen LogP contribution is -2.45. The van der Waals surface area contributed by atoms with Crippen molar-refractivity contribution in [3.63, 3.8) is 0 Å². The third kappa shape index (κ3) is 55.2. The van der Waals surface area contributed by atoms with Gasteiger partial charge in [-0.3, -0.25) is 9.59 Å². The van der Waals surface area contributed by atoms with E-state index in [0.717, 1.165) is 70.6 Å². The second kappa shape index (κ2) is 58.6. The van der Waals surface area contributed by atoms with Crippen LogP contribution in [0, 0.1) is 0 Å². The predicted molar refractivity (Wildman–Crippen MR) is 301 cm³/mol. The molecular weight excluding hydrogens is 851 g/mol. The number of carbonyl (C=O) groups is 2. The van der Waals surface area contributed by atoms with Crippen LogP contribution in [-0.4, -0.2) is 47.4 Å². The summed E-state index contributed by atoms with van der Waals surface area (Å²) >= 11 is 0. The number of aliphatic hydroxyl groups is 2. The van der Waals surface area contributed by atoms with Crippen molar-refractivity contribution < 1.29 is 24.5 Å². The minimum atomic E-state index is -0.676. The van der Waals surface area contributed by atoms with Gasteiger partial charge in [0.05, 0.1) is 25.4 Å². The number of nitrogens with one attached hydrogen (secondary N) is 1. The number of ether oxygens (including phenoxy) is 1. The maximum Gasteiger partial charge on any atom is 0.305 e. The summed E-state index contributed by atoms with van der Waals surface area (Å²) in [5.41, 5.74) is 0. The predicted octanol–water partition coefficient (Wildman–Crippen LogP) is 19.2. The van der Waals surface area contributed by atoms with Crippen LogP contribution in [0.15, 0.2) is 36.5 Å². The van der Waals surface area contributed by atoms with E-state index < -0.39 is 12.1 Å². The molecule has 0 saturated carbocycles. The third-order valence-electron chi connectivity index (χ3n) is 14.2. The van der Waals surface area contributed by atoms with Gasteiger partial charge in [0, 0.05) is 12.8 Å². The smallest absolute Gasteiger partial charge is 0.305 e. The molecule has 0 bridgehead atoms. The summed E-state index contributed by atoms with van der Waals surface area (Å²) in [7, 11) is 0. The Morgan fingerprint density at radius 2 is 0.725 bits per heavy atom. The summed E-state index contributed by atoms with van der Waals surface area (Å²) in [5.74, 6) is -0.0567. The standard InChI is InChI=1S/C63H119NO5/c1-3-5-7-9-11-13-15-17-19-21-22-24-29-33-37-41-45-49-53-57-63(68)69-58-54-50-46-42-38-34-30-26-25-28-32-36-40-44-48-52-56-62(67)64-60(59-65)61(66)55-51-47-43-39-35-31-27-23-20-18-16-14-12-10-8-6-4-2/h11,13,17,19,25,28,60-61,65-66H,3-10,12,14-16,18,20-24,26-27,29-59H2,1-2H3,(H,64,67)/b13-11-,19-17-,28-25-. The van der Waals surface area contributed by atoms with E-state index in [1.54, 1.807) is 0 Å². The fourth-order valence-electron chi connectivity index (χ4n) is 9.43. The number of unbranched alkanes of at least 4 members (excludes halogenated alkanes) is 40. The number of allylic oxidation sites excluding steroid dienone is 6. The molecule has 0 radical (unpaired) electrons. The Morgan fingerprint density at radius 3 is 1.14 bits per heavy atom. The highest BCUT2D eigenvalue weighted by molar-refractivity contribution is 5.76. The molecular formula is C63H119NO5. The minimum absolute atomic E-state index is 0.00629. The highest BCUT2D eigenvalue weighted by Crippen LogP contribution is 2.17. The highest BCUT2D eigenvalue weighted by atomic mass is 16.5. The molecule has 0 aromatic rings. The lowest BCUT2D eigenvalue weighted by molar-refractivity contribution is -0.143. The maximum absolute atomic E-state index is 12.5. The zero-order valence-corrected chi connectivity index (χ0v) is 46.3. The van der Waals surface area contributed by atoms with Crippen LogP contribution in [-0.2, 0) is 14.3 Å². The Labute approximate surface area is 430 Å². The zero-order chi connectivity index (χ0) is 50.0. The van der Waals surface area contributed by atoms with Gasteiger partial charge in [0.15, 0.2) is 0 Å². The molecule has 69 heavy (non-hydrogen) atoms. The van der Waals surface area contributed by atoms with E-state index in [1.807, 2.05) is 0 Å². The number of amides is 1. The van der Waals surface area contributed by atoms with Crippen molar-refractivity contribution in [1.82, 2.24) is 5.32 Å². The SMILES string of the molecule is CCCCC/C=C\C/C=C\CCCCCCCCCCCC(=O)OCCCCCCCCC/C=C\CCCCCCCC(=O)NC(CO)C(O)CCCCCCCCCCCCCCCCCCC. The first-order valence-electron chi connectivity index (χ1n) is 30.7. The van der Waals surface area contributed by atoms with Crippen molar-refractivity contribution in [2.24, 2.45) is 0 Å². The number of hydrogen-bond donors (Lipinski definition) is 3. The van der Waals surface area contributed by atoms with E-state index in [9.17, 15) is 19.8 Å².